The van der Waals surface area contributed by atoms with Crippen LogP contribution in [0.2, 0.25) is 0 Å². The van der Waals surface area contributed by atoms with Crippen molar-refractivity contribution in [1.29, 1.82) is 0 Å². The Balaban J connectivity index is 3.27. The van der Waals surface area contributed by atoms with Gasteiger partial charge in [-0.15, -0.1) is 0 Å². The Kier molecular flexibility index (Phi) is 9.49. The number of esters is 1. The van der Waals surface area contributed by atoms with Gasteiger partial charge in [0.15, 0.2) is 0 Å². The molecule has 1 aromatic carbocycles. The van der Waals surface area contributed by atoms with Gasteiger partial charge in [0.2, 0.25) is 11.8 Å². The normalized spacial score (nSPS) is 13.0. The Hall–Kier alpha value is -3.30. The second-order valence-corrected chi connectivity index (χ2v) is 8.46. The molecule has 3 amide bonds. The molecule has 178 valence electrons. The summed E-state index contributed by atoms with van der Waals surface area (Å²) in [4.78, 5) is 51.2. The maximum Gasteiger partial charge on any atom is 0.408 e. The van der Waals surface area contributed by atoms with Crippen molar-refractivity contribution < 1.29 is 33.8 Å². The molecule has 0 spiro atoms. The monoisotopic (exact) mass is 451 g/mol. The van der Waals surface area contributed by atoms with Gasteiger partial charge < -0.3 is 30.1 Å². The van der Waals surface area contributed by atoms with E-state index >= 15 is 0 Å². The van der Waals surface area contributed by atoms with E-state index in [0.717, 1.165) is 0 Å². The van der Waals surface area contributed by atoms with Gasteiger partial charge in [-0.3, -0.25) is 14.4 Å². The van der Waals surface area contributed by atoms with Crippen LogP contribution in [0.3, 0.4) is 0 Å². The highest BCUT2D eigenvalue weighted by Gasteiger charge is 2.37. The zero-order chi connectivity index (χ0) is 24.6. The van der Waals surface area contributed by atoms with Crippen LogP contribution in [0.15, 0.2) is 24.3 Å². The van der Waals surface area contributed by atoms with E-state index in [0.29, 0.717) is 0 Å². The molecule has 0 radical (unpaired) electrons. The molecule has 2 atom stereocenters. The van der Waals surface area contributed by atoms with Gasteiger partial charge in [0.25, 0.3) is 0 Å². The second-order valence-electron chi connectivity index (χ2n) is 8.46. The van der Waals surface area contributed by atoms with Gasteiger partial charge in [0, 0.05) is 11.6 Å². The molecule has 0 saturated carbocycles. The van der Waals surface area contributed by atoms with Crippen LogP contribution >= 0.6 is 0 Å². The van der Waals surface area contributed by atoms with Gasteiger partial charge in [-0.1, -0.05) is 18.2 Å². The van der Waals surface area contributed by atoms with E-state index in [1.807, 2.05) is 0 Å². The minimum atomic E-state index is -1.27. The minimum Gasteiger partial charge on any atom is -0.508 e. The summed E-state index contributed by atoms with van der Waals surface area (Å²) in [5, 5.41) is 15.3. The predicted octanol–water partition coefficient (Wildman–Crippen LogP) is 1.87. The standard InChI is InChI=1S/C22H33N3O7/c1-13(2)25(20(29)14(3)24-21(30)32-22(4,5)6)18(15-10-8-9-11-16(15)26)19(28)23-12-17(27)31-7/h8-11,13-14,18,26H,12H2,1-7H3,(H,23,28)(H,24,30). The number of hydrogen-bond acceptors (Lipinski definition) is 7. The summed E-state index contributed by atoms with van der Waals surface area (Å²) in [6, 6.07) is 3.29. The van der Waals surface area contributed by atoms with E-state index in [4.69, 9.17) is 4.74 Å². The molecule has 32 heavy (non-hydrogen) atoms. The largest absolute Gasteiger partial charge is 0.508 e. The SMILES string of the molecule is COC(=O)CNC(=O)C(c1ccccc1O)N(C(=O)C(C)NC(=O)OC(C)(C)C)C(C)C. The summed E-state index contributed by atoms with van der Waals surface area (Å²) < 4.78 is 9.74. The minimum absolute atomic E-state index is 0.168. The van der Waals surface area contributed by atoms with Gasteiger partial charge in [0.05, 0.1) is 7.11 Å². The first-order valence-electron chi connectivity index (χ1n) is 10.2. The third-order valence-electron chi connectivity index (χ3n) is 4.31. The van der Waals surface area contributed by atoms with E-state index in [9.17, 15) is 24.3 Å². The van der Waals surface area contributed by atoms with Crippen molar-refractivity contribution >= 4 is 23.9 Å². The zero-order valence-corrected chi connectivity index (χ0v) is 19.6. The lowest BCUT2D eigenvalue weighted by Crippen LogP contribution is -2.54. The van der Waals surface area contributed by atoms with Crippen molar-refractivity contribution in [2.75, 3.05) is 13.7 Å². The van der Waals surface area contributed by atoms with E-state index in [-0.39, 0.29) is 11.3 Å². The lowest BCUT2D eigenvalue weighted by molar-refractivity contribution is -0.146. The van der Waals surface area contributed by atoms with Crippen LogP contribution in [0.1, 0.15) is 53.1 Å². The summed E-state index contributed by atoms with van der Waals surface area (Å²) in [5.41, 5.74) is -0.585. The van der Waals surface area contributed by atoms with Gasteiger partial charge in [0.1, 0.15) is 30.0 Å². The molecule has 2 unspecified atom stereocenters. The second kappa shape index (κ2) is 11.4. The summed E-state index contributed by atoms with van der Waals surface area (Å²) in [6.45, 7) is 9.52. The van der Waals surface area contributed by atoms with Crippen LogP contribution in [-0.4, -0.2) is 65.2 Å². The Morgan fingerprint density at radius 1 is 1.09 bits per heavy atom. The number of hydrogen-bond donors (Lipinski definition) is 3. The molecule has 10 heteroatoms. The van der Waals surface area contributed by atoms with E-state index in [1.54, 1.807) is 46.8 Å². The predicted molar refractivity (Wildman–Crippen MR) is 117 cm³/mol. The van der Waals surface area contributed by atoms with Crippen LogP contribution in [-0.2, 0) is 23.9 Å². The first kappa shape index (κ1) is 26.7. The number of benzene rings is 1. The first-order chi connectivity index (χ1) is 14.8. The molecule has 0 bridgehead atoms. The molecule has 0 saturated heterocycles. The molecule has 1 aromatic rings. The van der Waals surface area contributed by atoms with Crippen LogP contribution in [0.25, 0.3) is 0 Å². The van der Waals surface area contributed by atoms with Crippen molar-refractivity contribution in [2.24, 2.45) is 0 Å². The average Bonchev–Trinajstić information content (AvgIpc) is 2.68. The number of rotatable bonds is 8. The molecule has 0 aliphatic carbocycles. The van der Waals surface area contributed by atoms with Crippen LogP contribution < -0.4 is 10.6 Å². The molecule has 10 nitrogen and oxygen atoms in total. The number of nitrogens with zero attached hydrogens (tertiary/aromatic N) is 1. The molecule has 3 N–H and O–H groups in total. The van der Waals surface area contributed by atoms with Gasteiger partial charge in [-0.25, -0.2) is 4.79 Å². The fourth-order valence-corrected chi connectivity index (χ4v) is 2.91. The number of amides is 3. The molecule has 0 aliphatic rings. The maximum atomic E-state index is 13.3. The van der Waals surface area contributed by atoms with Crippen LogP contribution in [0.5, 0.6) is 5.75 Å². The Morgan fingerprint density at radius 2 is 1.69 bits per heavy atom. The highest BCUT2D eigenvalue weighted by atomic mass is 16.6. The van der Waals surface area contributed by atoms with Crippen molar-refractivity contribution in [3.8, 4) is 5.75 Å². The molecular formula is C22H33N3O7. The maximum absolute atomic E-state index is 13.3. The third kappa shape index (κ3) is 7.75. The van der Waals surface area contributed by atoms with Crippen LogP contribution in [0, 0.1) is 0 Å². The number of carbonyl (C=O) groups is 4. The van der Waals surface area contributed by atoms with Crippen LogP contribution in [0.4, 0.5) is 4.79 Å². The fourth-order valence-electron chi connectivity index (χ4n) is 2.91. The number of phenols is 1. The number of aromatic hydroxyl groups is 1. The number of ether oxygens (including phenoxy) is 2. The number of methoxy groups -OCH3 is 1. The number of carbonyl (C=O) groups excluding carboxylic acids is 4. The van der Waals surface area contributed by atoms with Gasteiger partial charge in [-0.2, -0.15) is 0 Å². The highest BCUT2D eigenvalue weighted by Crippen LogP contribution is 2.31. The van der Waals surface area contributed by atoms with E-state index < -0.39 is 54.1 Å². The van der Waals surface area contributed by atoms with Crippen molar-refractivity contribution in [3.63, 3.8) is 0 Å². The lowest BCUT2D eigenvalue weighted by Gasteiger charge is -2.36. The highest BCUT2D eigenvalue weighted by molar-refractivity contribution is 5.93. The Bertz CT molecular complexity index is 833. The van der Waals surface area contributed by atoms with E-state index in [2.05, 4.69) is 15.4 Å². The van der Waals surface area contributed by atoms with Crippen molar-refractivity contribution in [1.82, 2.24) is 15.5 Å². The number of para-hydroxylation sites is 1. The zero-order valence-electron chi connectivity index (χ0n) is 19.6. The molecular weight excluding hydrogens is 418 g/mol. The van der Waals surface area contributed by atoms with Gasteiger partial charge in [-0.05, 0) is 47.6 Å². The fraction of sp³-hybridized carbons (Fsp3) is 0.545. The van der Waals surface area contributed by atoms with Gasteiger partial charge >= 0.3 is 12.1 Å². The lowest BCUT2D eigenvalue weighted by atomic mass is 10.0. The topological polar surface area (TPSA) is 134 Å². The number of alkyl carbamates (subject to hydrolysis) is 1. The molecule has 0 fully saturated rings. The van der Waals surface area contributed by atoms with E-state index in [1.165, 1.54) is 31.1 Å². The number of nitrogens with one attached hydrogen (secondary N) is 2. The first-order valence-corrected chi connectivity index (χ1v) is 10.2. The molecule has 0 heterocycles. The average molecular weight is 452 g/mol. The van der Waals surface area contributed by atoms with Crippen molar-refractivity contribution in [3.05, 3.63) is 29.8 Å². The smallest absolute Gasteiger partial charge is 0.408 e. The quantitative estimate of drug-likeness (QED) is 0.514. The summed E-state index contributed by atoms with van der Waals surface area (Å²) in [5.74, 6) is -2.13. The molecule has 0 aliphatic heterocycles. The summed E-state index contributed by atoms with van der Waals surface area (Å²) >= 11 is 0. The summed E-state index contributed by atoms with van der Waals surface area (Å²) in [7, 11) is 1.18. The third-order valence-corrected chi connectivity index (χ3v) is 4.31. The number of phenolic OH excluding ortho intramolecular Hbond substituents is 1. The molecule has 1 rings (SSSR count). The van der Waals surface area contributed by atoms with Crippen molar-refractivity contribution in [2.45, 2.75) is 65.3 Å². The summed E-state index contributed by atoms with van der Waals surface area (Å²) in [6.07, 6.45) is -0.781. The Morgan fingerprint density at radius 3 is 2.19 bits per heavy atom. The molecule has 0 aromatic heterocycles. The Labute approximate surface area is 188 Å².